The number of amides is 2. The van der Waals surface area contributed by atoms with E-state index in [9.17, 15) is 9.59 Å². The summed E-state index contributed by atoms with van der Waals surface area (Å²) >= 11 is 0. The summed E-state index contributed by atoms with van der Waals surface area (Å²) < 4.78 is 5.83. The van der Waals surface area contributed by atoms with Crippen LogP contribution in [0.25, 0.3) is 0 Å². The second-order valence-electron chi connectivity index (χ2n) is 7.57. The highest BCUT2D eigenvalue weighted by Gasteiger charge is 2.10. The molecule has 3 rings (SSSR count). The Morgan fingerprint density at radius 2 is 1.66 bits per heavy atom. The molecule has 0 spiro atoms. The predicted molar refractivity (Wildman–Crippen MR) is 128 cm³/mol. The van der Waals surface area contributed by atoms with Crippen molar-refractivity contribution in [1.82, 2.24) is 5.32 Å². The van der Waals surface area contributed by atoms with Gasteiger partial charge in [-0.25, -0.2) is 0 Å². The van der Waals surface area contributed by atoms with Crippen LogP contribution in [0, 0.1) is 0 Å². The summed E-state index contributed by atoms with van der Waals surface area (Å²) in [6, 6.07) is 24.4. The summed E-state index contributed by atoms with van der Waals surface area (Å²) in [6.45, 7) is 4.54. The molecule has 3 aromatic rings. The van der Waals surface area contributed by atoms with Crippen LogP contribution in [-0.2, 0) is 11.4 Å². The number of rotatable bonds is 10. The Morgan fingerprint density at radius 1 is 0.906 bits per heavy atom. The third kappa shape index (κ3) is 7.16. The van der Waals surface area contributed by atoms with Crippen molar-refractivity contribution in [3.63, 3.8) is 0 Å². The van der Waals surface area contributed by atoms with E-state index in [1.807, 2.05) is 68.4 Å². The molecule has 1 atom stereocenters. The van der Waals surface area contributed by atoms with Crippen LogP contribution < -0.4 is 20.7 Å². The van der Waals surface area contributed by atoms with Crippen molar-refractivity contribution in [2.75, 3.05) is 17.2 Å². The van der Waals surface area contributed by atoms with E-state index < -0.39 is 0 Å². The van der Waals surface area contributed by atoms with Crippen molar-refractivity contribution < 1.29 is 14.3 Å². The smallest absolute Gasteiger partial charge is 0.251 e. The maximum atomic E-state index is 12.4. The first-order chi connectivity index (χ1) is 15.5. The van der Waals surface area contributed by atoms with E-state index >= 15 is 0 Å². The molecule has 0 aliphatic carbocycles. The molecule has 0 aliphatic rings. The van der Waals surface area contributed by atoms with Crippen LogP contribution in [0.4, 0.5) is 11.4 Å². The monoisotopic (exact) mass is 431 g/mol. The van der Waals surface area contributed by atoms with E-state index in [2.05, 4.69) is 16.0 Å². The molecule has 0 bridgehead atoms. The van der Waals surface area contributed by atoms with Crippen molar-refractivity contribution >= 4 is 23.2 Å². The molecular formula is C26H29N3O3. The van der Waals surface area contributed by atoms with Crippen LogP contribution in [-0.4, -0.2) is 24.4 Å². The largest absolute Gasteiger partial charge is 0.489 e. The maximum Gasteiger partial charge on any atom is 0.251 e. The third-order valence-corrected chi connectivity index (χ3v) is 4.93. The zero-order valence-electron chi connectivity index (χ0n) is 18.4. The lowest BCUT2D eigenvalue weighted by Gasteiger charge is -2.13. The second-order valence-corrected chi connectivity index (χ2v) is 7.57. The normalized spacial score (nSPS) is 11.3. The summed E-state index contributed by atoms with van der Waals surface area (Å²) in [5.41, 5.74) is 2.96. The summed E-state index contributed by atoms with van der Waals surface area (Å²) in [5, 5.41) is 8.85. The second kappa shape index (κ2) is 11.6. The standard InChI is InChI=1S/C26H29N3O3/c1-3-19(2)28-26(31)21-11-7-13-23(15-21)29-25(30)17-27-22-12-8-14-24(16-22)32-18-20-9-5-4-6-10-20/h4-16,19,27H,3,17-18H2,1-2H3,(H,28,31)(H,29,30). The van der Waals surface area contributed by atoms with Crippen LogP contribution >= 0.6 is 0 Å². The molecule has 2 amide bonds. The number of carbonyl (C=O) groups is 2. The number of carbonyl (C=O) groups excluding carboxylic acids is 2. The minimum atomic E-state index is -0.208. The van der Waals surface area contributed by atoms with Gasteiger partial charge in [-0.3, -0.25) is 9.59 Å². The summed E-state index contributed by atoms with van der Waals surface area (Å²) in [5.74, 6) is 0.361. The van der Waals surface area contributed by atoms with Crippen LogP contribution in [0.1, 0.15) is 36.2 Å². The molecule has 6 nitrogen and oxygen atoms in total. The highest BCUT2D eigenvalue weighted by molar-refractivity contribution is 5.98. The molecule has 32 heavy (non-hydrogen) atoms. The number of hydrogen-bond acceptors (Lipinski definition) is 4. The van der Waals surface area contributed by atoms with Crippen molar-refractivity contribution in [1.29, 1.82) is 0 Å². The molecule has 0 saturated heterocycles. The zero-order chi connectivity index (χ0) is 22.8. The molecule has 0 saturated carbocycles. The molecule has 6 heteroatoms. The van der Waals surface area contributed by atoms with Gasteiger partial charge in [0.15, 0.2) is 0 Å². The molecule has 1 unspecified atom stereocenters. The Balaban J connectivity index is 1.51. The Kier molecular flexibility index (Phi) is 8.26. The van der Waals surface area contributed by atoms with Gasteiger partial charge in [0.1, 0.15) is 12.4 Å². The summed E-state index contributed by atoms with van der Waals surface area (Å²) in [6.07, 6.45) is 0.854. The number of benzene rings is 3. The number of nitrogens with one attached hydrogen (secondary N) is 3. The van der Waals surface area contributed by atoms with Crippen LogP contribution in [0.3, 0.4) is 0 Å². The highest BCUT2D eigenvalue weighted by atomic mass is 16.5. The van der Waals surface area contributed by atoms with Crippen molar-refractivity contribution in [3.05, 3.63) is 90.0 Å². The van der Waals surface area contributed by atoms with Gasteiger partial charge in [-0.1, -0.05) is 49.4 Å². The van der Waals surface area contributed by atoms with Gasteiger partial charge in [-0.05, 0) is 49.2 Å². The van der Waals surface area contributed by atoms with E-state index in [0.29, 0.717) is 17.9 Å². The number of anilines is 2. The van der Waals surface area contributed by atoms with Crippen LogP contribution in [0.15, 0.2) is 78.9 Å². The van der Waals surface area contributed by atoms with Gasteiger partial charge in [0, 0.05) is 29.0 Å². The average Bonchev–Trinajstić information content (AvgIpc) is 2.82. The molecule has 0 heterocycles. The van der Waals surface area contributed by atoms with E-state index in [4.69, 9.17) is 4.74 Å². The van der Waals surface area contributed by atoms with Crippen LogP contribution in [0.5, 0.6) is 5.75 Å². The van der Waals surface area contributed by atoms with Gasteiger partial charge in [0.25, 0.3) is 5.91 Å². The first-order valence-electron chi connectivity index (χ1n) is 10.7. The SMILES string of the molecule is CCC(C)NC(=O)c1cccc(NC(=O)CNc2cccc(OCc3ccccc3)c2)c1. The molecule has 166 valence electrons. The average molecular weight is 432 g/mol. The molecule has 0 aliphatic heterocycles. The quantitative estimate of drug-likeness (QED) is 0.429. The summed E-state index contributed by atoms with van der Waals surface area (Å²) in [7, 11) is 0. The number of hydrogen-bond donors (Lipinski definition) is 3. The molecule has 0 aromatic heterocycles. The van der Waals surface area contributed by atoms with Crippen LogP contribution in [0.2, 0.25) is 0 Å². The third-order valence-electron chi connectivity index (χ3n) is 4.93. The van der Waals surface area contributed by atoms with Gasteiger partial charge in [0.2, 0.25) is 5.91 Å². The first-order valence-corrected chi connectivity index (χ1v) is 10.7. The topological polar surface area (TPSA) is 79.5 Å². The zero-order valence-corrected chi connectivity index (χ0v) is 18.4. The molecule has 3 aromatic carbocycles. The van der Waals surface area contributed by atoms with Gasteiger partial charge in [-0.2, -0.15) is 0 Å². The van der Waals surface area contributed by atoms with Crippen molar-refractivity contribution in [2.24, 2.45) is 0 Å². The van der Waals surface area contributed by atoms with Gasteiger partial charge >= 0.3 is 0 Å². The maximum absolute atomic E-state index is 12.4. The molecule has 3 N–H and O–H groups in total. The van der Waals surface area contributed by atoms with Gasteiger partial charge < -0.3 is 20.7 Å². The van der Waals surface area contributed by atoms with E-state index in [-0.39, 0.29) is 24.4 Å². The van der Waals surface area contributed by atoms with Gasteiger partial charge in [0.05, 0.1) is 6.54 Å². The van der Waals surface area contributed by atoms with E-state index in [1.54, 1.807) is 24.3 Å². The Hall–Kier alpha value is -3.80. The lowest BCUT2D eigenvalue weighted by Crippen LogP contribution is -2.32. The van der Waals surface area contributed by atoms with Crippen molar-refractivity contribution in [3.8, 4) is 5.75 Å². The summed E-state index contributed by atoms with van der Waals surface area (Å²) in [4.78, 5) is 24.7. The fraction of sp³-hybridized carbons (Fsp3) is 0.231. The highest BCUT2D eigenvalue weighted by Crippen LogP contribution is 2.19. The Labute approximate surface area is 189 Å². The fourth-order valence-electron chi connectivity index (χ4n) is 2.97. The molecular weight excluding hydrogens is 402 g/mol. The Bertz CT molecular complexity index is 1040. The lowest BCUT2D eigenvalue weighted by atomic mass is 10.1. The lowest BCUT2D eigenvalue weighted by molar-refractivity contribution is -0.114. The molecule has 0 radical (unpaired) electrons. The van der Waals surface area contributed by atoms with E-state index in [0.717, 1.165) is 23.4 Å². The Morgan fingerprint density at radius 3 is 2.44 bits per heavy atom. The number of ether oxygens (including phenoxy) is 1. The first kappa shape index (κ1) is 22.9. The van der Waals surface area contributed by atoms with Crippen molar-refractivity contribution in [2.45, 2.75) is 32.9 Å². The minimum Gasteiger partial charge on any atom is -0.489 e. The van der Waals surface area contributed by atoms with E-state index in [1.165, 1.54) is 0 Å². The fourth-order valence-corrected chi connectivity index (χ4v) is 2.97. The molecule has 0 fully saturated rings. The predicted octanol–water partition coefficient (Wildman–Crippen LogP) is 4.84. The van der Waals surface area contributed by atoms with Gasteiger partial charge in [-0.15, -0.1) is 0 Å². The minimum absolute atomic E-state index is 0.0887.